The van der Waals surface area contributed by atoms with Crippen molar-refractivity contribution in [3.05, 3.63) is 21.0 Å². The molecule has 0 amide bonds. The first kappa shape index (κ1) is 16.5. The number of anilines is 1. The molecule has 1 unspecified atom stereocenters. The molecule has 2 rings (SSSR count). The van der Waals surface area contributed by atoms with Gasteiger partial charge < -0.3 is 10.1 Å². The van der Waals surface area contributed by atoms with Gasteiger partial charge in [0.05, 0.1) is 17.3 Å². The minimum atomic E-state index is -0.0477. The molecule has 0 bridgehead atoms. The maximum atomic E-state index is 12.6. The van der Waals surface area contributed by atoms with Crippen molar-refractivity contribution < 1.29 is 4.74 Å². The Morgan fingerprint density at radius 1 is 1.57 bits per heavy atom. The number of rotatable bonds is 8. The Balaban J connectivity index is 2.16. The number of nitrogens with one attached hydrogen (secondary N) is 1. The molecule has 6 heteroatoms. The quantitative estimate of drug-likeness (QED) is 0.776. The Hall–Kier alpha value is -0.880. The molecular weight excluding hydrogens is 334 g/mol. The standard InChI is InChI=1S/C15H24BrN3O2/c1-3-5-12(10-21-2)18-14-13(16)8-17-19(15(14)20)9-11-6-4-7-11/h8,11-12,18H,3-7,9-10H2,1-2H3. The third-order valence-electron chi connectivity index (χ3n) is 4.01. The monoisotopic (exact) mass is 357 g/mol. The van der Waals surface area contributed by atoms with Crippen LogP contribution in [0.2, 0.25) is 0 Å². The molecule has 21 heavy (non-hydrogen) atoms. The molecular formula is C15H24BrN3O2. The number of ether oxygens (including phenoxy) is 1. The fraction of sp³-hybridized carbons (Fsp3) is 0.733. The van der Waals surface area contributed by atoms with E-state index < -0.39 is 0 Å². The van der Waals surface area contributed by atoms with Crippen molar-refractivity contribution in [2.24, 2.45) is 5.92 Å². The second-order valence-electron chi connectivity index (χ2n) is 5.74. The maximum absolute atomic E-state index is 12.6. The van der Waals surface area contributed by atoms with Gasteiger partial charge in [0.25, 0.3) is 5.56 Å². The summed E-state index contributed by atoms with van der Waals surface area (Å²) in [6.45, 7) is 3.44. The molecule has 5 nitrogen and oxygen atoms in total. The van der Waals surface area contributed by atoms with Gasteiger partial charge in [-0.3, -0.25) is 4.79 Å². The van der Waals surface area contributed by atoms with E-state index in [9.17, 15) is 4.79 Å². The fourth-order valence-corrected chi connectivity index (χ4v) is 2.98. The average Bonchev–Trinajstić information content (AvgIpc) is 2.41. The van der Waals surface area contributed by atoms with E-state index in [1.165, 1.54) is 19.3 Å². The Morgan fingerprint density at radius 3 is 2.90 bits per heavy atom. The Kier molecular flexibility index (Phi) is 6.23. The third kappa shape index (κ3) is 4.30. The van der Waals surface area contributed by atoms with Crippen LogP contribution in [0.25, 0.3) is 0 Å². The molecule has 0 aliphatic heterocycles. The van der Waals surface area contributed by atoms with Crippen LogP contribution in [-0.4, -0.2) is 29.5 Å². The van der Waals surface area contributed by atoms with Crippen molar-refractivity contribution in [2.75, 3.05) is 19.0 Å². The second kappa shape index (κ2) is 7.94. The van der Waals surface area contributed by atoms with Crippen LogP contribution in [-0.2, 0) is 11.3 Å². The second-order valence-corrected chi connectivity index (χ2v) is 6.59. The first-order valence-electron chi connectivity index (χ1n) is 7.66. The number of methoxy groups -OCH3 is 1. The average molecular weight is 358 g/mol. The summed E-state index contributed by atoms with van der Waals surface area (Å²) in [5.41, 5.74) is 0.549. The van der Waals surface area contributed by atoms with Crippen LogP contribution < -0.4 is 10.9 Å². The highest BCUT2D eigenvalue weighted by Crippen LogP contribution is 2.27. The summed E-state index contributed by atoms with van der Waals surface area (Å²) in [4.78, 5) is 12.6. The maximum Gasteiger partial charge on any atom is 0.291 e. The molecule has 1 aliphatic carbocycles. The van der Waals surface area contributed by atoms with E-state index in [0.29, 0.717) is 18.2 Å². The number of hydrogen-bond donors (Lipinski definition) is 1. The summed E-state index contributed by atoms with van der Waals surface area (Å²) < 4.78 is 7.53. The van der Waals surface area contributed by atoms with Gasteiger partial charge in [-0.2, -0.15) is 5.10 Å². The SMILES string of the molecule is CCCC(COC)Nc1c(Br)cnn(CC2CCC2)c1=O. The number of hydrogen-bond acceptors (Lipinski definition) is 4. The molecule has 0 saturated heterocycles. The summed E-state index contributed by atoms with van der Waals surface area (Å²) in [6, 6.07) is 0.142. The summed E-state index contributed by atoms with van der Waals surface area (Å²) in [7, 11) is 1.68. The normalized spacial score (nSPS) is 16.5. The third-order valence-corrected chi connectivity index (χ3v) is 4.61. The van der Waals surface area contributed by atoms with Crippen LogP contribution in [0.15, 0.2) is 15.5 Å². The Bertz CT molecular complexity index is 508. The van der Waals surface area contributed by atoms with Crippen molar-refractivity contribution in [3.8, 4) is 0 Å². The van der Waals surface area contributed by atoms with Crippen LogP contribution >= 0.6 is 15.9 Å². The highest BCUT2D eigenvalue weighted by molar-refractivity contribution is 9.10. The predicted molar refractivity (Wildman–Crippen MR) is 87.7 cm³/mol. The molecule has 0 radical (unpaired) electrons. The van der Waals surface area contributed by atoms with Gasteiger partial charge in [0.15, 0.2) is 0 Å². The smallest absolute Gasteiger partial charge is 0.291 e. The zero-order chi connectivity index (χ0) is 15.2. The van der Waals surface area contributed by atoms with Crippen LogP contribution in [0.1, 0.15) is 39.0 Å². The van der Waals surface area contributed by atoms with Crippen LogP contribution in [0, 0.1) is 5.92 Å². The van der Waals surface area contributed by atoms with Crippen LogP contribution in [0.5, 0.6) is 0 Å². The minimum absolute atomic E-state index is 0.0477. The predicted octanol–water partition coefficient (Wildman–Crippen LogP) is 3.03. The summed E-state index contributed by atoms with van der Waals surface area (Å²) >= 11 is 3.43. The molecule has 1 fully saturated rings. The molecule has 1 saturated carbocycles. The first-order valence-corrected chi connectivity index (χ1v) is 8.46. The molecule has 1 heterocycles. The fourth-order valence-electron chi connectivity index (χ4n) is 2.60. The summed E-state index contributed by atoms with van der Waals surface area (Å²) in [5.74, 6) is 0.606. The summed E-state index contributed by atoms with van der Waals surface area (Å²) in [5, 5.41) is 7.57. The number of nitrogens with zero attached hydrogens (tertiary/aromatic N) is 2. The number of halogens is 1. The lowest BCUT2D eigenvalue weighted by Gasteiger charge is -2.26. The van der Waals surface area contributed by atoms with Gasteiger partial charge in [0.1, 0.15) is 5.69 Å². The van der Waals surface area contributed by atoms with Gasteiger partial charge in [-0.15, -0.1) is 0 Å². The Morgan fingerprint density at radius 2 is 2.33 bits per heavy atom. The Labute approximate surface area is 134 Å². The van der Waals surface area contributed by atoms with Crippen molar-refractivity contribution in [1.29, 1.82) is 0 Å². The molecule has 1 aromatic heterocycles. The van der Waals surface area contributed by atoms with E-state index >= 15 is 0 Å². The molecule has 0 aromatic carbocycles. The highest BCUT2D eigenvalue weighted by atomic mass is 79.9. The van der Waals surface area contributed by atoms with Gasteiger partial charge in [-0.25, -0.2) is 4.68 Å². The highest BCUT2D eigenvalue weighted by Gasteiger charge is 2.21. The summed E-state index contributed by atoms with van der Waals surface area (Å²) in [6.07, 6.45) is 7.39. The van der Waals surface area contributed by atoms with Crippen molar-refractivity contribution in [1.82, 2.24) is 9.78 Å². The van der Waals surface area contributed by atoms with Gasteiger partial charge in [0, 0.05) is 19.7 Å². The molecule has 1 aromatic rings. The molecule has 1 atom stereocenters. The lowest BCUT2D eigenvalue weighted by molar-refractivity contribution is 0.182. The first-order chi connectivity index (χ1) is 10.2. The molecule has 118 valence electrons. The van der Waals surface area contributed by atoms with Gasteiger partial charge in [-0.05, 0) is 41.1 Å². The van der Waals surface area contributed by atoms with E-state index in [-0.39, 0.29) is 11.6 Å². The zero-order valence-electron chi connectivity index (χ0n) is 12.8. The van der Waals surface area contributed by atoms with Gasteiger partial charge >= 0.3 is 0 Å². The molecule has 0 spiro atoms. The molecule has 1 aliphatic rings. The zero-order valence-corrected chi connectivity index (χ0v) is 14.4. The van der Waals surface area contributed by atoms with E-state index in [1.807, 2.05) is 0 Å². The largest absolute Gasteiger partial charge is 0.383 e. The van der Waals surface area contributed by atoms with Crippen LogP contribution in [0.3, 0.4) is 0 Å². The van der Waals surface area contributed by atoms with E-state index in [0.717, 1.165) is 23.9 Å². The van der Waals surface area contributed by atoms with Crippen molar-refractivity contribution >= 4 is 21.6 Å². The molecule has 1 N–H and O–H groups in total. The number of aromatic nitrogens is 2. The van der Waals surface area contributed by atoms with E-state index in [2.05, 4.69) is 33.3 Å². The van der Waals surface area contributed by atoms with Crippen molar-refractivity contribution in [2.45, 2.75) is 51.6 Å². The topological polar surface area (TPSA) is 56.1 Å². The van der Waals surface area contributed by atoms with Crippen molar-refractivity contribution in [3.63, 3.8) is 0 Å². The lowest BCUT2D eigenvalue weighted by Crippen LogP contribution is -2.34. The minimum Gasteiger partial charge on any atom is -0.383 e. The van der Waals surface area contributed by atoms with Gasteiger partial charge in [-0.1, -0.05) is 19.8 Å². The van der Waals surface area contributed by atoms with Crippen LogP contribution in [0.4, 0.5) is 5.69 Å². The van der Waals surface area contributed by atoms with E-state index in [1.54, 1.807) is 18.0 Å². The lowest BCUT2D eigenvalue weighted by atomic mass is 9.85. The van der Waals surface area contributed by atoms with Gasteiger partial charge in [0.2, 0.25) is 0 Å². The van der Waals surface area contributed by atoms with E-state index in [4.69, 9.17) is 4.74 Å².